The Labute approximate surface area is 134 Å². The van der Waals surface area contributed by atoms with Gasteiger partial charge in [-0.15, -0.1) is 0 Å². The zero-order chi connectivity index (χ0) is 14.7. The molecule has 0 spiro atoms. The van der Waals surface area contributed by atoms with Crippen LogP contribution in [-0.4, -0.2) is 0 Å². The number of hydrogen-bond donors (Lipinski definition) is 1. The number of rotatable bonds is 4. The monoisotopic (exact) mass is 327 g/mol. The Kier molecular flexibility index (Phi) is 5.20. The van der Waals surface area contributed by atoms with E-state index in [1.807, 2.05) is 0 Å². The topological polar surface area (TPSA) is 12.0 Å². The smallest absolute Gasteiger partial charge is 0.0653 e. The second kappa shape index (κ2) is 6.71. The van der Waals surface area contributed by atoms with E-state index in [4.69, 9.17) is 34.8 Å². The van der Waals surface area contributed by atoms with E-state index in [1.54, 1.807) is 12.1 Å². The Morgan fingerprint density at radius 3 is 2.15 bits per heavy atom. The van der Waals surface area contributed by atoms with E-state index >= 15 is 0 Å². The Bertz CT molecular complexity index is 593. The first-order valence-corrected chi connectivity index (χ1v) is 7.62. The lowest BCUT2D eigenvalue weighted by Gasteiger charge is -2.20. The summed E-state index contributed by atoms with van der Waals surface area (Å²) < 4.78 is 0. The molecule has 2 aromatic rings. The first-order chi connectivity index (χ1) is 9.51. The summed E-state index contributed by atoms with van der Waals surface area (Å²) in [7, 11) is 0. The van der Waals surface area contributed by atoms with Crippen molar-refractivity contribution in [2.45, 2.75) is 26.3 Å². The second-order valence-electron chi connectivity index (χ2n) is 4.76. The van der Waals surface area contributed by atoms with Gasteiger partial charge in [0.2, 0.25) is 0 Å². The number of aryl methyl sites for hydroxylation is 1. The van der Waals surface area contributed by atoms with E-state index < -0.39 is 0 Å². The van der Waals surface area contributed by atoms with Gasteiger partial charge in [0.15, 0.2) is 0 Å². The molecule has 0 heterocycles. The minimum atomic E-state index is 0.186. The maximum atomic E-state index is 6.21. The zero-order valence-electron chi connectivity index (χ0n) is 11.4. The van der Waals surface area contributed by atoms with Gasteiger partial charge in [-0.1, -0.05) is 71.6 Å². The molecule has 1 nitrogen and oxygen atoms in total. The van der Waals surface area contributed by atoms with Crippen LogP contribution in [0.3, 0.4) is 0 Å². The number of nitrogens with one attached hydrogen (secondary N) is 1. The van der Waals surface area contributed by atoms with Crippen LogP contribution in [0.25, 0.3) is 0 Å². The highest BCUT2D eigenvalue weighted by molar-refractivity contribution is 6.44. The van der Waals surface area contributed by atoms with Gasteiger partial charge in [0, 0.05) is 0 Å². The van der Waals surface area contributed by atoms with Crippen molar-refractivity contribution in [2.24, 2.45) is 0 Å². The summed E-state index contributed by atoms with van der Waals surface area (Å²) in [5, 5.41) is 4.96. The van der Waals surface area contributed by atoms with Crippen molar-refractivity contribution in [3.8, 4) is 0 Å². The number of anilines is 1. The van der Waals surface area contributed by atoms with Gasteiger partial charge in [-0.25, -0.2) is 0 Å². The lowest BCUT2D eigenvalue weighted by molar-refractivity contribution is 0.749. The third-order valence-electron chi connectivity index (χ3n) is 3.23. The quantitative estimate of drug-likeness (QED) is 0.630. The maximum absolute atomic E-state index is 6.21. The molecule has 0 fully saturated rings. The van der Waals surface area contributed by atoms with Crippen LogP contribution >= 0.6 is 34.8 Å². The predicted octanol–water partition coefficient (Wildman–Crippen LogP) is 6.52. The maximum Gasteiger partial charge on any atom is 0.0653 e. The fourth-order valence-electron chi connectivity index (χ4n) is 2.04. The molecule has 1 unspecified atom stereocenters. The van der Waals surface area contributed by atoms with Gasteiger partial charge in [-0.3, -0.25) is 0 Å². The van der Waals surface area contributed by atoms with E-state index in [-0.39, 0.29) is 6.04 Å². The summed E-state index contributed by atoms with van der Waals surface area (Å²) >= 11 is 18.2. The molecule has 0 aromatic heterocycles. The van der Waals surface area contributed by atoms with Crippen LogP contribution in [-0.2, 0) is 0 Å². The molecule has 0 aliphatic heterocycles. The molecule has 20 heavy (non-hydrogen) atoms. The lowest BCUT2D eigenvalue weighted by Crippen LogP contribution is -2.10. The molecule has 0 saturated heterocycles. The highest BCUT2D eigenvalue weighted by Gasteiger charge is 2.12. The van der Waals surface area contributed by atoms with Gasteiger partial charge in [-0.2, -0.15) is 0 Å². The van der Waals surface area contributed by atoms with Gasteiger partial charge < -0.3 is 5.32 Å². The summed E-state index contributed by atoms with van der Waals surface area (Å²) in [6, 6.07) is 12.1. The average Bonchev–Trinajstić information content (AvgIpc) is 2.42. The van der Waals surface area contributed by atoms with Crippen molar-refractivity contribution in [2.75, 3.05) is 5.32 Å². The molecule has 106 valence electrons. The molecule has 0 bridgehead atoms. The Morgan fingerprint density at radius 2 is 1.55 bits per heavy atom. The molecule has 1 atom stereocenters. The molecule has 4 heteroatoms. The van der Waals surface area contributed by atoms with Crippen molar-refractivity contribution in [3.63, 3.8) is 0 Å². The summed E-state index contributed by atoms with van der Waals surface area (Å²) in [5.41, 5.74) is 3.27. The standard InChI is InChI=1S/C16H16Cl3N/c1-3-15(11-6-4-10(2)5-7-11)20-16-9-13(18)12(17)8-14(16)19/h4-9,15,20H,3H2,1-2H3. The number of halogens is 3. The SMILES string of the molecule is CCC(Nc1cc(Cl)c(Cl)cc1Cl)c1ccc(C)cc1. The van der Waals surface area contributed by atoms with Gasteiger partial charge in [0.05, 0.1) is 26.8 Å². The largest absolute Gasteiger partial charge is 0.377 e. The first kappa shape index (κ1) is 15.5. The summed E-state index contributed by atoms with van der Waals surface area (Å²) in [6.45, 7) is 4.21. The molecular formula is C16H16Cl3N. The van der Waals surface area contributed by atoms with Crippen molar-refractivity contribution >= 4 is 40.5 Å². The number of benzene rings is 2. The molecule has 2 aromatic carbocycles. The van der Waals surface area contributed by atoms with Crippen molar-refractivity contribution in [3.05, 3.63) is 62.6 Å². The third-order valence-corrected chi connectivity index (χ3v) is 4.26. The minimum Gasteiger partial charge on any atom is -0.377 e. The Balaban J connectivity index is 2.26. The average molecular weight is 329 g/mol. The van der Waals surface area contributed by atoms with Crippen molar-refractivity contribution in [1.29, 1.82) is 0 Å². The predicted molar refractivity (Wildman–Crippen MR) is 89.3 cm³/mol. The molecule has 0 radical (unpaired) electrons. The van der Waals surface area contributed by atoms with Crippen molar-refractivity contribution < 1.29 is 0 Å². The van der Waals surface area contributed by atoms with Gasteiger partial charge in [0.25, 0.3) is 0 Å². The van der Waals surface area contributed by atoms with Crippen LogP contribution < -0.4 is 5.32 Å². The van der Waals surface area contributed by atoms with E-state index in [2.05, 4.69) is 43.4 Å². The van der Waals surface area contributed by atoms with Crippen molar-refractivity contribution in [1.82, 2.24) is 0 Å². The van der Waals surface area contributed by atoms with Crippen LogP contribution in [0, 0.1) is 6.92 Å². The van der Waals surface area contributed by atoms with Crippen LogP contribution in [0.2, 0.25) is 15.1 Å². The highest BCUT2D eigenvalue weighted by atomic mass is 35.5. The molecule has 0 aliphatic rings. The van der Waals surface area contributed by atoms with Gasteiger partial charge in [0.1, 0.15) is 0 Å². The Hall–Kier alpha value is -0.890. The van der Waals surface area contributed by atoms with Gasteiger partial charge >= 0.3 is 0 Å². The van der Waals surface area contributed by atoms with Crippen LogP contribution in [0.1, 0.15) is 30.5 Å². The minimum absolute atomic E-state index is 0.186. The van der Waals surface area contributed by atoms with Crippen LogP contribution in [0.15, 0.2) is 36.4 Å². The Morgan fingerprint density at radius 1 is 0.950 bits per heavy atom. The van der Waals surface area contributed by atoms with Crippen LogP contribution in [0.4, 0.5) is 5.69 Å². The molecule has 2 rings (SSSR count). The molecule has 1 N–H and O–H groups in total. The fraction of sp³-hybridized carbons (Fsp3) is 0.250. The second-order valence-corrected chi connectivity index (χ2v) is 5.98. The summed E-state index contributed by atoms with van der Waals surface area (Å²) in [5.74, 6) is 0. The molecular weight excluding hydrogens is 313 g/mol. The lowest BCUT2D eigenvalue weighted by atomic mass is 10.0. The molecule has 0 amide bonds. The molecule has 0 aliphatic carbocycles. The fourth-order valence-corrected chi connectivity index (χ4v) is 2.64. The zero-order valence-corrected chi connectivity index (χ0v) is 13.7. The van der Waals surface area contributed by atoms with Gasteiger partial charge in [-0.05, 0) is 31.0 Å². The molecule has 0 saturated carbocycles. The normalized spacial score (nSPS) is 12.2. The van der Waals surface area contributed by atoms with E-state index in [0.29, 0.717) is 15.1 Å². The van der Waals surface area contributed by atoms with Crippen LogP contribution in [0.5, 0.6) is 0 Å². The first-order valence-electron chi connectivity index (χ1n) is 6.49. The highest BCUT2D eigenvalue weighted by Crippen LogP contribution is 2.34. The summed E-state index contributed by atoms with van der Waals surface area (Å²) in [6.07, 6.45) is 0.944. The van der Waals surface area contributed by atoms with E-state index in [1.165, 1.54) is 11.1 Å². The number of hydrogen-bond acceptors (Lipinski definition) is 1. The summed E-state index contributed by atoms with van der Waals surface area (Å²) in [4.78, 5) is 0. The van der Waals surface area contributed by atoms with E-state index in [0.717, 1.165) is 12.1 Å². The third kappa shape index (κ3) is 3.60. The van der Waals surface area contributed by atoms with E-state index in [9.17, 15) is 0 Å².